The van der Waals surface area contributed by atoms with Crippen LogP contribution in [0.2, 0.25) is 5.02 Å². The molecule has 2 aromatic heterocycles. The zero-order valence-electron chi connectivity index (χ0n) is 25.2. The van der Waals surface area contributed by atoms with Gasteiger partial charge in [-0.25, -0.2) is 18.7 Å². The largest absolute Gasteiger partial charge is 0.389 e. The van der Waals surface area contributed by atoms with Gasteiger partial charge in [0.2, 0.25) is 0 Å². The predicted octanol–water partition coefficient (Wildman–Crippen LogP) is 8.38. The van der Waals surface area contributed by atoms with Crippen LogP contribution in [0.25, 0.3) is 32.1 Å². The number of halogens is 5. The number of hydrogen-bond donors (Lipinski definition) is 1. The third kappa shape index (κ3) is 4.44. The summed E-state index contributed by atoms with van der Waals surface area (Å²) in [5.41, 5.74) is 8.26. The van der Waals surface area contributed by atoms with Crippen molar-refractivity contribution in [2.75, 3.05) is 30.3 Å². The van der Waals surface area contributed by atoms with Crippen LogP contribution in [-0.2, 0) is 12.8 Å². The van der Waals surface area contributed by atoms with E-state index in [0.29, 0.717) is 65.5 Å². The molecule has 2 aromatic carbocycles. The fourth-order valence-corrected chi connectivity index (χ4v) is 9.20. The van der Waals surface area contributed by atoms with Gasteiger partial charge in [-0.05, 0) is 74.6 Å². The van der Waals surface area contributed by atoms with E-state index in [1.165, 1.54) is 18.6 Å². The summed E-state index contributed by atoms with van der Waals surface area (Å²) in [5.74, 6) is 0.992. The lowest BCUT2D eigenvalue weighted by atomic mass is 9.93. The topological polar surface area (TPSA) is 82.1 Å². The zero-order valence-corrected chi connectivity index (χ0v) is 26.8. The molecule has 238 valence electrons. The summed E-state index contributed by atoms with van der Waals surface area (Å²) >= 11 is 7.98. The maximum Gasteiger partial charge on any atom is 0.270 e. The van der Waals surface area contributed by atoms with Gasteiger partial charge < -0.3 is 10.6 Å². The van der Waals surface area contributed by atoms with Gasteiger partial charge in [0, 0.05) is 47.6 Å². The molecule has 5 heterocycles. The van der Waals surface area contributed by atoms with E-state index in [9.17, 15) is 18.4 Å². The van der Waals surface area contributed by atoms with Gasteiger partial charge in [-0.3, -0.25) is 4.90 Å². The number of thiophene rings is 1. The van der Waals surface area contributed by atoms with Crippen molar-refractivity contribution in [2.45, 2.75) is 69.9 Å². The van der Waals surface area contributed by atoms with Crippen LogP contribution in [-0.4, -0.2) is 46.1 Å². The lowest BCUT2D eigenvalue weighted by Gasteiger charge is -2.27. The standard InChI is InChI=1S/C26H20ClF2N5S.C8H11F2N/c1-2-16-32-22-19-13(4-3-7-34(25(19)33-16)26-8-11(26)9-26)20(27)18(21(22)29)12-5-6-15(28)23-17(12)14(10-30)24(31)35-23;9-8(10)6-4-7-2-1-3-11(7)5-6/h5-6,11H,2-4,7-9,31H2,1H3;7H,1-5H2. The summed E-state index contributed by atoms with van der Waals surface area (Å²) in [7, 11) is 0. The van der Waals surface area contributed by atoms with Gasteiger partial charge in [0.25, 0.3) is 6.08 Å². The first-order chi connectivity index (χ1) is 22.2. The molecule has 4 aromatic rings. The SMILES string of the molecule is CCc1nc2c3c(c(Cl)c(-c4ccc(F)c5sc(N)c(C#N)c45)c(F)c3n1)CCCN2C12CC1C2.FC(F)=C1CC2CCCN2C1. The highest BCUT2D eigenvalue weighted by molar-refractivity contribution is 7.23. The summed E-state index contributed by atoms with van der Waals surface area (Å²) in [5, 5.41) is 11.2. The van der Waals surface area contributed by atoms with E-state index < -0.39 is 17.7 Å². The number of hydrogen-bond acceptors (Lipinski definition) is 7. The Hall–Kier alpha value is -3.46. The number of nitrogens with zero attached hydrogens (tertiary/aromatic N) is 5. The number of aryl methyl sites for hydroxylation is 2. The smallest absolute Gasteiger partial charge is 0.270 e. The van der Waals surface area contributed by atoms with E-state index in [0.717, 1.165) is 61.5 Å². The number of aromatic nitrogens is 2. The molecule has 46 heavy (non-hydrogen) atoms. The molecular weight excluding hydrogens is 636 g/mol. The lowest BCUT2D eigenvalue weighted by Crippen LogP contribution is -2.33. The normalized spacial score (nSPS) is 24.4. The third-order valence-corrected chi connectivity index (χ3v) is 12.0. The molecule has 6 nitrogen and oxygen atoms in total. The van der Waals surface area contributed by atoms with Crippen LogP contribution in [0.3, 0.4) is 0 Å². The molecule has 0 radical (unpaired) electrons. The van der Waals surface area contributed by atoms with Crippen molar-refractivity contribution in [1.82, 2.24) is 14.9 Å². The first-order valence-corrected chi connectivity index (χ1v) is 17.0. The van der Waals surface area contributed by atoms with Crippen molar-refractivity contribution in [1.29, 1.82) is 5.26 Å². The van der Waals surface area contributed by atoms with E-state index in [2.05, 4.69) is 20.9 Å². The molecule has 0 amide bonds. The Labute approximate surface area is 272 Å². The summed E-state index contributed by atoms with van der Waals surface area (Å²) in [4.78, 5) is 14.0. The second-order valence-corrected chi connectivity index (χ2v) is 14.5. The quantitative estimate of drug-likeness (QED) is 0.221. The molecule has 9 rings (SSSR count). The van der Waals surface area contributed by atoms with E-state index >= 15 is 4.39 Å². The number of benzene rings is 2. The Kier molecular flexibility index (Phi) is 7.02. The van der Waals surface area contributed by atoms with Crippen LogP contribution in [0, 0.1) is 28.9 Å². The number of nitrogens with two attached hydrogens (primary N) is 1. The van der Waals surface area contributed by atoms with Crippen molar-refractivity contribution < 1.29 is 17.6 Å². The Morgan fingerprint density at radius 2 is 1.96 bits per heavy atom. The maximum atomic E-state index is 16.5. The highest BCUT2D eigenvalue weighted by atomic mass is 35.5. The van der Waals surface area contributed by atoms with Crippen molar-refractivity contribution in [3.63, 3.8) is 0 Å². The fraction of sp³-hybridized carbons (Fsp3) is 0.441. The molecule has 0 spiro atoms. The van der Waals surface area contributed by atoms with E-state index in [4.69, 9.17) is 22.3 Å². The van der Waals surface area contributed by atoms with Crippen molar-refractivity contribution in [3.05, 3.63) is 57.4 Å². The molecule has 5 aliphatic rings. The average Bonchev–Trinajstić information content (AvgIpc) is 3.72. The summed E-state index contributed by atoms with van der Waals surface area (Å²) in [6, 6.07) is 5.26. The minimum Gasteiger partial charge on any atom is -0.389 e. The molecule has 4 fully saturated rings. The minimum absolute atomic E-state index is 0.136. The molecule has 12 heteroatoms. The second-order valence-electron chi connectivity index (χ2n) is 13.1. The van der Waals surface area contributed by atoms with Crippen LogP contribution in [0.5, 0.6) is 0 Å². The minimum atomic E-state index is -1.44. The van der Waals surface area contributed by atoms with Gasteiger partial charge >= 0.3 is 0 Å². The first kappa shape index (κ1) is 29.9. The fourth-order valence-electron chi connectivity index (χ4n) is 7.87. The van der Waals surface area contributed by atoms with Gasteiger partial charge in [0.1, 0.15) is 34.0 Å². The number of anilines is 2. The van der Waals surface area contributed by atoms with Gasteiger partial charge in [-0.1, -0.05) is 24.6 Å². The van der Waals surface area contributed by atoms with E-state index in [1.54, 1.807) is 0 Å². The zero-order chi connectivity index (χ0) is 32.1. The van der Waals surface area contributed by atoms with E-state index in [-0.39, 0.29) is 36.9 Å². The predicted molar refractivity (Wildman–Crippen MR) is 173 cm³/mol. The maximum absolute atomic E-state index is 16.5. The van der Waals surface area contributed by atoms with Crippen LogP contribution in [0.1, 0.15) is 62.4 Å². The summed E-state index contributed by atoms with van der Waals surface area (Å²) in [6.07, 6.45) is 5.87. The molecule has 1 unspecified atom stereocenters. The molecule has 2 saturated carbocycles. The van der Waals surface area contributed by atoms with Gasteiger partial charge in [0.15, 0.2) is 5.82 Å². The van der Waals surface area contributed by atoms with Crippen LogP contribution < -0.4 is 10.6 Å². The molecule has 2 N–H and O–H groups in total. The Morgan fingerprint density at radius 1 is 1.17 bits per heavy atom. The molecule has 3 aliphatic heterocycles. The molecular formula is C34H31ClF4N6S. The van der Waals surface area contributed by atoms with Gasteiger partial charge in [0.05, 0.1) is 20.7 Å². The highest BCUT2D eigenvalue weighted by Crippen LogP contribution is 2.71. The summed E-state index contributed by atoms with van der Waals surface area (Å²) < 4.78 is 55.6. The van der Waals surface area contributed by atoms with Crippen LogP contribution >= 0.6 is 22.9 Å². The van der Waals surface area contributed by atoms with Crippen molar-refractivity contribution in [2.24, 2.45) is 5.92 Å². The van der Waals surface area contributed by atoms with Crippen molar-refractivity contribution >= 4 is 54.7 Å². The Balaban J connectivity index is 0.000000240. The lowest BCUT2D eigenvalue weighted by molar-refractivity contribution is 0.326. The monoisotopic (exact) mass is 666 g/mol. The number of nitriles is 1. The Morgan fingerprint density at radius 3 is 2.63 bits per heavy atom. The second kappa shape index (κ2) is 10.8. The molecule has 1 atom stereocenters. The highest BCUT2D eigenvalue weighted by Gasteiger charge is 2.73. The summed E-state index contributed by atoms with van der Waals surface area (Å²) in [6.45, 7) is 4.33. The van der Waals surface area contributed by atoms with Crippen LogP contribution in [0.4, 0.5) is 28.4 Å². The van der Waals surface area contributed by atoms with Crippen molar-refractivity contribution in [3.8, 4) is 17.2 Å². The molecule has 2 saturated heterocycles. The third-order valence-electron chi connectivity index (χ3n) is 10.5. The molecule has 0 bridgehead atoms. The van der Waals surface area contributed by atoms with E-state index in [1.807, 2.05) is 6.92 Å². The Bertz CT molecular complexity index is 2010. The van der Waals surface area contributed by atoms with Gasteiger partial charge in [-0.15, -0.1) is 11.3 Å². The van der Waals surface area contributed by atoms with Gasteiger partial charge in [-0.2, -0.15) is 14.0 Å². The number of fused-ring (bicyclic) bond motifs is 3. The number of nitrogen functional groups attached to an aromatic ring is 1. The van der Waals surface area contributed by atoms with Crippen LogP contribution in [0.15, 0.2) is 23.8 Å². The first-order valence-electron chi connectivity index (χ1n) is 15.8. The number of rotatable bonds is 3. The average molecular weight is 667 g/mol. The molecule has 2 aliphatic carbocycles.